The molecule has 2 atom stereocenters. The first-order chi connectivity index (χ1) is 8.23. The van der Waals surface area contributed by atoms with Crippen molar-refractivity contribution in [3.63, 3.8) is 0 Å². The normalized spacial score (nSPS) is 31.8. The molecule has 2 unspecified atom stereocenters. The molecule has 0 fully saturated rings. The lowest BCUT2D eigenvalue weighted by molar-refractivity contribution is 0.289. The van der Waals surface area contributed by atoms with Gasteiger partial charge in [0.2, 0.25) is 0 Å². The SMILES string of the molecule is CCC1=CC2C=CCC2(CC)C(CC)=C1CC. The van der Waals surface area contributed by atoms with Crippen LogP contribution in [0.3, 0.4) is 0 Å². The van der Waals surface area contributed by atoms with Crippen molar-refractivity contribution in [3.8, 4) is 0 Å². The zero-order valence-electron chi connectivity index (χ0n) is 11.8. The van der Waals surface area contributed by atoms with E-state index >= 15 is 0 Å². The average molecular weight is 230 g/mol. The molecule has 0 bridgehead atoms. The van der Waals surface area contributed by atoms with Crippen LogP contribution in [0.25, 0.3) is 0 Å². The maximum absolute atomic E-state index is 2.56. The molecule has 2 aliphatic carbocycles. The highest BCUT2D eigenvalue weighted by molar-refractivity contribution is 5.46. The third-order valence-electron chi connectivity index (χ3n) is 4.92. The number of allylic oxidation sites excluding steroid dienone is 6. The first-order valence-corrected chi connectivity index (χ1v) is 7.33. The zero-order chi connectivity index (χ0) is 12.5. The van der Waals surface area contributed by atoms with Gasteiger partial charge in [-0.1, -0.05) is 51.5 Å². The van der Waals surface area contributed by atoms with Gasteiger partial charge in [0.1, 0.15) is 0 Å². The molecule has 0 amide bonds. The van der Waals surface area contributed by atoms with Crippen molar-refractivity contribution < 1.29 is 0 Å². The van der Waals surface area contributed by atoms with Crippen LogP contribution in [0.1, 0.15) is 59.8 Å². The van der Waals surface area contributed by atoms with E-state index in [9.17, 15) is 0 Å². The molecule has 2 aliphatic rings. The van der Waals surface area contributed by atoms with Gasteiger partial charge in [0.25, 0.3) is 0 Å². The van der Waals surface area contributed by atoms with E-state index in [0.717, 1.165) is 0 Å². The summed E-state index contributed by atoms with van der Waals surface area (Å²) in [5, 5.41) is 0. The Balaban J connectivity index is 2.54. The first kappa shape index (κ1) is 12.7. The summed E-state index contributed by atoms with van der Waals surface area (Å²) in [6.45, 7) is 9.33. The summed E-state index contributed by atoms with van der Waals surface area (Å²) >= 11 is 0. The van der Waals surface area contributed by atoms with E-state index in [2.05, 4.69) is 45.9 Å². The van der Waals surface area contributed by atoms with Crippen LogP contribution in [0.15, 0.2) is 34.9 Å². The monoisotopic (exact) mass is 230 g/mol. The topological polar surface area (TPSA) is 0 Å². The lowest BCUT2D eigenvalue weighted by atomic mass is 9.62. The quantitative estimate of drug-likeness (QED) is 0.565. The zero-order valence-corrected chi connectivity index (χ0v) is 11.8. The highest BCUT2D eigenvalue weighted by atomic mass is 14.5. The van der Waals surface area contributed by atoms with E-state index in [-0.39, 0.29) is 0 Å². The molecule has 0 saturated heterocycles. The second kappa shape index (κ2) is 4.84. The van der Waals surface area contributed by atoms with E-state index in [4.69, 9.17) is 0 Å². The van der Waals surface area contributed by atoms with Gasteiger partial charge in [0.05, 0.1) is 0 Å². The Labute approximate surface area is 106 Å². The number of hydrogen-bond donors (Lipinski definition) is 0. The van der Waals surface area contributed by atoms with E-state index in [1.807, 2.05) is 0 Å². The van der Waals surface area contributed by atoms with Crippen LogP contribution in [0.4, 0.5) is 0 Å². The van der Waals surface area contributed by atoms with Crippen molar-refractivity contribution in [2.45, 2.75) is 59.8 Å². The fourth-order valence-corrected chi connectivity index (χ4v) is 4.03. The Morgan fingerprint density at radius 3 is 2.41 bits per heavy atom. The largest absolute Gasteiger partial charge is 0.0870 e. The summed E-state index contributed by atoms with van der Waals surface area (Å²) in [6, 6.07) is 0. The van der Waals surface area contributed by atoms with Crippen LogP contribution in [0.2, 0.25) is 0 Å². The molecule has 0 heteroatoms. The van der Waals surface area contributed by atoms with Gasteiger partial charge in [-0.2, -0.15) is 0 Å². The second-order valence-electron chi connectivity index (χ2n) is 5.38. The Kier molecular flexibility index (Phi) is 3.61. The van der Waals surface area contributed by atoms with E-state index in [1.54, 1.807) is 16.7 Å². The van der Waals surface area contributed by atoms with E-state index in [1.165, 1.54) is 32.1 Å². The van der Waals surface area contributed by atoms with Crippen LogP contribution in [0.5, 0.6) is 0 Å². The lowest BCUT2D eigenvalue weighted by Crippen LogP contribution is -2.31. The molecule has 94 valence electrons. The predicted octanol–water partition coefficient (Wildman–Crippen LogP) is 5.43. The van der Waals surface area contributed by atoms with Crippen molar-refractivity contribution in [2.24, 2.45) is 11.3 Å². The number of hydrogen-bond acceptors (Lipinski definition) is 0. The molecule has 0 radical (unpaired) electrons. The summed E-state index contributed by atoms with van der Waals surface area (Å²) in [5.41, 5.74) is 5.50. The van der Waals surface area contributed by atoms with E-state index in [0.29, 0.717) is 11.3 Å². The van der Waals surface area contributed by atoms with Gasteiger partial charge >= 0.3 is 0 Å². The van der Waals surface area contributed by atoms with Gasteiger partial charge in [0, 0.05) is 11.3 Å². The highest BCUT2D eigenvalue weighted by Gasteiger charge is 2.43. The Morgan fingerprint density at radius 1 is 1.12 bits per heavy atom. The minimum atomic E-state index is 0.443. The highest BCUT2D eigenvalue weighted by Crippen LogP contribution is 2.54. The molecule has 0 saturated carbocycles. The Hall–Kier alpha value is -0.780. The van der Waals surface area contributed by atoms with E-state index < -0.39 is 0 Å². The van der Waals surface area contributed by atoms with Crippen LogP contribution in [-0.4, -0.2) is 0 Å². The summed E-state index contributed by atoms with van der Waals surface area (Å²) < 4.78 is 0. The summed E-state index contributed by atoms with van der Waals surface area (Å²) in [7, 11) is 0. The number of fused-ring (bicyclic) bond motifs is 1. The molecular weight excluding hydrogens is 204 g/mol. The van der Waals surface area contributed by atoms with Gasteiger partial charge in [-0.05, 0) is 43.3 Å². The average Bonchev–Trinajstić information content (AvgIpc) is 2.79. The Bertz CT molecular complexity index is 381. The third-order valence-corrected chi connectivity index (χ3v) is 4.92. The summed E-state index contributed by atoms with van der Waals surface area (Å²) in [5.74, 6) is 0.674. The summed E-state index contributed by atoms with van der Waals surface area (Å²) in [4.78, 5) is 0. The van der Waals surface area contributed by atoms with Crippen molar-refractivity contribution >= 4 is 0 Å². The van der Waals surface area contributed by atoms with Crippen LogP contribution in [-0.2, 0) is 0 Å². The van der Waals surface area contributed by atoms with Crippen LogP contribution < -0.4 is 0 Å². The van der Waals surface area contributed by atoms with Crippen LogP contribution in [0, 0.1) is 11.3 Å². The van der Waals surface area contributed by atoms with Gasteiger partial charge < -0.3 is 0 Å². The molecule has 2 rings (SSSR count). The minimum Gasteiger partial charge on any atom is -0.0870 e. The minimum absolute atomic E-state index is 0.443. The van der Waals surface area contributed by atoms with Gasteiger partial charge in [-0.25, -0.2) is 0 Å². The molecule has 0 aromatic rings. The molecule has 0 nitrogen and oxygen atoms in total. The molecule has 0 N–H and O–H groups in total. The number of rotatable bonds is 4. The molecule has 0 spiro atoms. The first-order valence-electron chi connectivity index (χ1n) is 7.33. The molecule has 0 aromatic carbocycles. The van der Waals surface area contributed by atoms with Crippen molar-refractivity contribution in [3.05, 3.63) is 34.9 Å². The third kappa shape index (κ3) is 1.73. The smallest absolute Gasteiger partial charge is 0.00493 e. The molecule has 0 aliphatic heterocycles. The maximum Gasteiger partial charge on any atom is 0.00493 e. The van der Waals surface area contributed by atoms with Gasteiger partial charge in [-0.15, -0.1) is 0 Å². The standard InChI is InChI=1S/C17H26/c1-5-13-12-14-10-9-11-17(14,8-4)16(7-3)15(13)6-2/h9-10,12,14H,5-8,11H2,1-4H3. The van der Waals surface area contributed by atoms with Gasteiger partial charge in [0.15, 0.2) is 0 Å². The lowest BCUT2D eigenvalue weighted by Gasteiger charge is -2.42. The van der Waals surface area contributed by atoms with Crippen molar-refractivity contribution in [1.82, 2.24) is 0 Å². The van der Waals surface area contributed by atoms with Gasteiger partial charge in [-0.3, -0.25) is 0 Å². The predicted molar refractivity (Wildman–Crippen MR) is 76.0 cm³/mol. The fourth-order valence-electron chi connectivity index (χ4n) is 4.03. The van der Waals surface area contributed by atoms with Crippen molar-refractivity contribution in [1.29, 1.82) is 0 Å². The molecule has 0 heterocycles. The van der Waals surface area contributed by atoms with Crippen molar-refractivity contribution in [2.75, 3.05) is 0 Å². The molecule has 17 heavy (non-hydrogen) atoms. The Morgan fingerprint density at radius 2 is 1.88 bits per heavy atom. The second-order valence-corrected chi connectivity index (χ2v) is 5.38. The molecular formula is C17H26. The van der Waals surface area contributed by atoms with Crippen LogP contribution >= 0.6 is 0 Å². The molecule has 0 aromatic heterocycles. The fraction of sp³-hybridized carbons (Fsp3) is 0.647. The maximum atomic E-state index is 2.56. The summed E-state index contributed by atoms with van der Waals surface area (Å²) in [6.07, 6.45) is 13.6.